The Morgan fingerprint density at radius 3 is 2.47 bits per heavy atom. The Labute approximate surface area is 181 Å². The number of methoxy groups -OCH3 is 1. The summed E-state index contributed by atoms with van der Waals surface area (Å²) in [6, 6.07) is 17.3. The van der Waals surface area contributed by atoms with Crippen LogP contribution in [0.2, 0.25) is 0 Å². The molecule has 30 heavy (non-hydrogen) atoms. The summed E-state index contributed by atoms with van der Waals surface area (Å²) >= 11 is 0. The maximum Gasteiger partial charge on any atom is 0.329 e. The molecule has 0 aromatic heterocycles. The van der Waals surface area contributed by atoms with Crippen LogP contribution < -0.4 is 10.1 Å². The van der Waals surface area contributed by atoms with Crippen LogP contribution in [-0.4, -0.2) is 25.2 Å². The Bertz CT molecular complexity index is 805. The molecule has 0 aliphatic heterocycles. The van der Waals surface area contributed by atoms with Crippen LogP contribution in [0.25, 0.3) is 0 Å². The van der Waals surface area contributed by atoms with Gasteiger partial charge in [-0.2, -0.15) is 0 Å². The van der Waals surface area contributed by atoms with Crippen molar-refractivity contribution in [2.75, 3.05) is 12.4 Å². The fourth-order valence-electron chi connectivity index (χ4n) is 4.48. The summed E-state index contributed by atoms with van der Waals surface area (Å²) in [4.78, 5) is 13.4. The van der Waals surface area contributed by atoms with E-state index in [1.165, 1.54) is 6.42 Å². The van der Waals surface area contributed by atoms with Gasteiger partial charge in [0.25, 0.3) is 0 Å². The van der Waals surface area contributed by atoms with E-state index in [1.807, 2.05) is 54.6 Å². The number of benzene rings is 2. The SMILES string of the molecule is COc1ccccc1N[C@@H](Cc1ccccc1)C(=O)O[C@@H]1C[C@H](C)CC[C@H]1C(C)C. The molecule has 0 bridgehead atoms. The lowest BCUT2D eigenvalue weighted by Crippen LogP contribution is -2.41. The minimum absolute atomic E-state index is 0.0148. The first-order chi connectivity index (χ1) is 14.5. The van der Waals surface area contributed by atoms with Crippen LogP contribution in [0.1, 0.15) is 45.6 Å². The molecule has 1 aliphatic rings. The van der Waals surface area contributed by atoms with Crippen LogP contribution in [0, 0.1) is 17.8 Å². The number of anilines is 1. The van der Waals surface area contributed by atoms with Crippen molar-refractivity contribution in [3.05, 3.63) is 60.2 Å². The number of carbonyl (C=O) groups is 1. The van der Waals surface area contributed by atoms with Gasteiger partial charge in [-0.3, -0.25) is 0 Å². The summed E-state index contributed by atoms with van der Waals surface area (Å²) in [6.45, 7) is 6.72. The Morgan fingerprint density at radius 1 is 1.07 bits per heavy atom. The summed E-state index contributed by atoms with van der Waals surface area (Å²) in [7, 11) is 1.64. The monoisotopic (exact) mass is 409 g/mol. The summed E-state index contributed by atoms with van der Waals surface area (Å²) < 4.78 is 11.6. The van der Waals surface area contributed by atoms with E-state index in [2.05, 4.69) is 26.1 Å². The lowest BCUT2D eigenvalue weighted by Gasteiger charge is -2.37. The van der Waals surface area contributed by atoms with Crippen molar-refractivity contribution in [1.82, 2.24) is 0 Å². The minimum atomic E-state index is -0.478. The van der Waals surface area contributed by atoms with Crippen molar-refractivity contribution in [2.24, 2.45) is 17.8 Å². The maximum atomic E-state index is 13.4. The van der Waals surface area contributed by atoms with Crippen molar-refractivity contribution in [2.45, 2.75) is 58.6 Å². The predicted octanol–water partition coefficient (Wildman–Crippen LogP) is 5.72. The fraction of sp³-hybridized carbons (Fsp3) is 0.500. The van der Waals surface area contributed by atoms with E-state index in [1.54, 1.807) is 7.11 Å². The molecule has 1 aliphatic carbocycles. The van der Waals surface area contributed by atoms with E-state index in [-0.39, 0.29) is 12.1 Å². The Morgan fingerprint density at radius 2 is 1.77 bits per heavy atom. The largest absolute Gasteiger partial charge is 0.495 e. The highest BCUT2D eigenvalue weighted by molar-refractivity contribution is 5.80. The van der Waals surface area contributed by atoms with Gasteiger partial charge in [0.1, 0.15) is 17.9 Å². The molecule has 4 heteroatoms. The average molecular weight is 410 g/mol. The third-order valence-electron chi connectivity index (χ3n) is 6.23. The molecule has 0 amide bonds. The molecule has 0 heterocycles. The van der Waals surface area contributed by atoms with Gasteiger partial charge < -0.3 is 14.8 Å². The van der Waals surface area contributed by atoms with Crippen molar-refractivity contribution in [1.29, 1.82) is 0 Å². The van der Waals surface area contributed by atoms with Crippen LogP contribution >= 0.6 is 0 Å². The number of ether oxygens (including phenoxy) is 2. The van der Waals surface area contributed by atoms with E-state index in [9.17, 15) is 4.79 Å². The molecular weight excluding hydrogens is 374 g/mol. The molecule has 4 atom stereocenters. The second-order valence-electron chi connectivity index (χ2n) is 8.89. The van der Waals surface area contributed by atoms with Gasteiger partial charge in [-0.05, 0) is 48.3 Å². The Balaban J connectivity index is 1.80. The summed E-state index contributed by atoms with van der Waals surface area (Å²) in [5.74, 6) is 2.05. The standard InChI is InChI=1S/C26H35NO3/c1-18(2)21-15-14-19(3)16-25(21)30-26(28)23(17-20-10-6-5-7-11-20)27-22-12-8-9-13-24(22)29-4/h5-13,18-19,21,23,25,27H,14-17H2,1-4H3/t19-,21+,23+,25-/m1/s1. The third-order valence-corrected chi connectivity index (χ3v) is 6.23. The number of hydrogen-bond acceptors (Lipinski definition) is 4. The Kier molecular flexibility index (Phi) is 7.78. The van der Waals surface area contributed by atoms with Gasteiger partial charge in [-0.15, -0.1) is 0 Å². The number of carbonyl (C=O) groups excluding carboxylic acids is 1. The van der Waals surface area contributed by atoms with Crippen molar-refractivity contribution in [3.63, 3.8) is 0 Å². The second kappa shape index (κ2) is 10.5. The van der Waals surface area contributed by atoms with Crippen LogP contribution in [0.4, 0.5) is 5.69 Å². The predicted molar refractivity (Wildman–Crippen MR) is 122 cm³/mol. The number of nitrogens with one attached hydrogen (secondary N) is 1. The molecule has 0 unspecified atom stereocenters. The average Bonchev–Trinajstić information content (AvgIpc) is 2.74. The van der Waals surface area contributed by atoms with Gasteiger partial charge >= 0.3 is 5.97 Å². The summed E-state index contributed by atoms with van der Waals surface area (Å²) in [5, 5.41) is 3.39. The third kappa shape index (κ3) is 5.78. The van der Waals surface area contributed by atoms with E-state index < -0.39 is 6.04 Å². The molecule has 0 spiro atoms. The molecule has 1 saturated carbocycles. The molecule has 0 saturated heterocycles. The normalized spacial score (nSPS) is 22.4. The molecule has 162 valence electrons. The zero-order valence-corrected chi connectivity index (χ0v) is 18.6. The molecule has 2 aromatic rings. The molecular formula is C26H35NO3. The second-order valence-corrected chi connectivity index (χ2v) is 8.89. The first kappa shape index (κ1) is 22.2. The maximum absolute atomic E-state index is 13.4. The van der Waals surface area contributed by atoms with Gasteiger partial charge in [0, 0.05) is 6.42 Å². The molecule has 1 N–H and O–H groups in total. The van der Waals surface area contributed by atoms with Crippen LogP contribution in [0.3, 0.4) is 0 Å². The van der Waals surface area contributed by atoms with E-state index >= 15 is 0 Å². The lowest BCUT2D eigenvalue weighted by atomic mass is 9.75. The molecule has 1 fully saturated rings. The summed E-state index contributed by atoms with van der Waals surface area (Å²) in [6.07, 6.45) is 3.83. The van der Waals surface area contributed by atoms with Crippen molar-refractivity contribution in [3.8, 4) is 5.75 Å². The zero-order chi connectivity index (χ0) is 21.5. The first-order valence-electron chi connectivity index (χ1n) is 11.1. The smallest absolute Gasteiger partial charge is 0.329 e. The number of rotatable bonds is 8. The first-order valence-corrected chi connectivity index (χ1v) is 11.1. The number of hydrogen-bond donors (Lipinski definition) is 1. The fourth-order valence-corrected chi connectivity index (χ4v) is 4.48. The van der Waals surface area contributed by atoms with E-state index in [0.29, 0.717) is 24.2 Å². The van der Waals surface area contributed by atoms with Gasteiger partial charge in [0.05, 0.1) is 12.8 Å². The topological polar surface area (TPSA) is 47.6 Å². The highest BCUT2D eigenvalue weighted by atomic mass is 16.5. The van der Waals surface area contributed by atoms with Gasteiger partial charge in [-0.25, -0.2) is 4.79 Å². The number of esters is 1. The molecule has 2 aromatic carbocycles. The van der Waals surface area contributed by atoms with Crippen LogP contribution in [0.15, 0.2) is 54.6 Å². The van der Waals surface area contributed by atoms with Crippen molar-refractivity contribution < 1.29 is 14.3 Å². The summed E-state index contributed by atoms with van der Waals surface area (Å²) in [5.41, 5.74) is 1.90. The Hall–Kier alpha value is -2.49. The highest BCUT2D eigenvalue weighted by Crippen LogP contribution is 2.36. The molecule has 0 radical (unpaired) electrons. The number of para-hydroxylation sites is 2. The van der Waals surface area contributed by atoms with E-state index in [0.717, 1.165) is 29.8 Å². The van der Waals surface area contributed by atoms with Gasteiger partial charge in [-0.1, -0.05) is 69.7 Å². The molecule has 3 rings (SSSR count). The van der Waals surface area contributed by atoms with Crippen molar-refractivity contribution >= 4 is 11.7 Å². The van der Waals surface area contributed by atoms with Gasteiger partial charge in [0.2, 0.25) is 0 Å². The minimum Gasteiger partial charge on any atom is -0.495 e. The van der Waals surface area contributed by atoms with E-state index in [4.69, 9.17) is 9.47 Å². The van der Waals surface area contributed by atoms with Crippen LogP contribution in [-0.2, 0) is 16.0 Å². The quantitative estimate of drug-likeness (QED) is 0.566. The molecule has 4 nitrogen and oxygen atoms in total. The highest BCUT2D eigenvalue weighted by Gasteiger charge is 2.35. The zero-order valence-electron chi connectivity index (χ0n) is 18.6. The van der Waals surface area contributed by atoms with Crippen LogP contribution in [0.5, 0.6) is 5.75 Å². The lowest BCUT2D eigenvalue weighted by molar-refractivity contribution is -0.156. The van der Waals surface area contributed by atoms with Gasteiger partial charge in [0.15, 0.2) is 0 Å².